The summed E-state index contributed by atoms with van der Waals surface area (Å²) in [7, 11) is 0. The van der Waals surface area contributed by atoms with Crippen LogP contribution in [-0.2, 0) is 0 Å². The first-order valence-electron chi connectivity index (χ1n) is 7.34. The van der Waals surface area contributed by atoms with Gasteiger partial charge < -0.3 is 10.4 Å². The van der Waals surface area contributed by atoms with E-state index in [9.17, 15) is 9.90 Å². The molecule has 0 spiro atoms. The molecule has 1 aromatic carbocycles. The SMILES string of the molecule is CCC(NC(=O)c1ccc(Cl)cc1)[C@H]1[C@@H]2C[C@@H](O)C[C@@H]21. The van der Waals surface area contributed by atoms with E-state index in [2.05, 4.69) is 12.2 Å². The maximum Gasteiger partial charge on any atom is 0.251 e. The number of aliphatic hydroxyl groups excluding tert-OH is 1. The molecule has 0 heterocycles. The number of benzene rings is 1. The third-order valence-electron chi connectivity index (χ3n) is 4.81. The van der Waals surface area contributed by atoms with Gasteiger partial charge in [0, 0.05) is 16.6 Å². The Hall–Kier alpha value is -1.06. The minimum Gasteiger partial charge on any atom is -0.393 e. The number of fused-ring (bicyclic) bond motifs is 1. The monoisotopic (exact) mass is 293 g/mol. The number of carbonyl (C=O) groups is 1. The van der Waals surface area contributed by atoms with E-state index in [1.54, 1.807) is 24.3 Å². The molecule has 0 aromatic heterocycles. The molecule has 1 unspecified atom stereocenters. The maximum absolute atomic E-state index is 12.2. The van der Waals surface area contributed by atoms with Gasteiger partial charge in [0.2, 0.25) is 0 Å². The Morgan fingerprint density at radius 3 is 2.50 bits per heavy atom. The van der Waals surface area contributed by atoms with Gasteiger partial charge in [0.15, 0.2) is 0 Å². The van der Waals surface area contributed by atoms with E-state index in [-0.39, 0.29) is 18.1 Å². The molecule has 0 radical (unpaired) electrons. The zero-order chi connectivity index (χ0) is 14.3. The van der Waals surface area contributed by atoms with Gasteiger partial charge in [-0.05, 0) is 61.3 Å². The number of hydrogen-bond acceptors (Lipinski definition) is 2. The smallest absolute Gasteiger partial charge is 0.251 e. The number of nitrogens with one attached hydrogen (secondary N) is 1. The van der Waals surface area contributed by atoms with Crippen molar-refractivity contribution in [3.05, 3.63) is 34.9 Å². The zero-order valence-corrected chi connectivity index (χ0v) is 12.3. The van der Waals surface area contributed by atoms with Crippen molar-refractivity contribution in [2.75, 3.05) is 0 Å². The molecule has 0 aliphatic heterocycles. The fourth-order valence-electron chi connectivity index (χ4n) is 3.78. The number of aliphatic hydroxyl groups is 1. The molecule has 2 N–H and O–H groups in total. The molecule has 0 saturated heterocycles. The van der Waals surface area contributed by atoms with Gasteiger partial charge in [-0.3, -0.25) is 4.79 Å². The molecule has 20 heavy (non-hydrogen) atoms. The fraction of sp³-hybridized carbons (Fsp3) is 0.562. The van der Waals surface area contributed by atoms with Crippen molar-refractivity contribution in [2.45, 2.75) is 38.3 Å². The van der Waals surface area contributed by atoms with Gasteiger partial charge in [0.1, 0.15) is 0 Å². The second kappa shape index (κ2) is 5.38. The summed E-state index contributed by atoms with van der Waals surface area (Å²) in [6, 6.07) is 7.20. The molecule has 3 nitrogen and oxygen atoms in total. The predicted molar refractivity (Wildman–Crippen MR) is 78.7 cm³/mol. The molecule has 2 aliphatic rings. The first-order valence-corrected chi connectivity index (χ1v) is 7.72. The molecule has 1 aromatic rings. The van der Waals surface area contributed by atoms with Crippen molar-refractivity contribution in [1.29, 1.82) is 0 Å². The molecule has 2 fully saturated rings. The summed E-state index contributed by atoms with van der Waals surface area (Å²) >= 11 is 5.83. The van der Waals surface area contributed by atoms with Crippen LogP contribution in [0.25, 0.3) is 0 Å². The largest absolute Gasteiger partial charge is 0.393 e. The Kier molecular flexibility index (Phi) is 3.74. The number of amides is 1. The standard InChI is InChI=1S/C16H20ClNO2/c1-2-14(15-12-7-11(19)8-13(12)15)18-16(20)9-3-5-10(17)6-4-9/h3-6,11-15,19H,2,7-8H2,1H3,(H,18,20)/t11-,12-,13+,14?,15+. The zero-order valence-electron chi connectivity index (χ0n) is 11.6. The highest BCUT2D eigenvalue weighted by atomic mass is 35.5. The second-order valence-electron chi connectivity index (χ2n) is 6.03. The van der Waals surface area contributed by atoms with Crippen molar-refractivity contribution in [3.63, 3.8) is 0 Å². The Bertz CT molecular complexity index is 490. The van der Waals surface area contributed by atoms with E-state index in [4.69, 9.17) is 11.6 Å². The van der Waals surface area contributed by atoms with Crippen LogP contribution in [0, 0.1) is 17.8 Å². The lowest BCUT2D eigenvalue weighted by Gasteiger charge is -2.20. The predicted octanol–water partition coefficient (Wildman–Crippen LogP) is 2.87. The summed E-state index contributed by atoms with van der Waals surface area (Å²) in [5.41, 5.74) is 0.652. The maximum atomic E-state index is 12.2. The van der Waals surface area contributed by atoms with Crippen LogP contribution in [0.15, 0.2) is 24.3 Å². The van der Waals surface area contributed by atoms with Crippen molar-refractivity contribution in [1.82, 2.24) is 5.32 Å². The molecular weight excluding hydrogens is 274 g/mol. The van der Waals surface area contributed by atoms with Gasteiger partial charge in [0.05, 0.1) is 6.10 Å². The molecule has 1 amide bonds. The van der Waals surface area contributed by atoms with Crippen LogP contribution >= 0.6 is 11.6 Å². The quantitative estimate of drug-likeness (QED) is 0.897. The minimum atomic E-state index is -0.120. The summed E-state index contributed by atoms with van der Waals surface area (Å²) in [5, 5.41) is 13.4. The summed E-state index contributed by atoms with van der Waals surface area (Å²) in [6.45, 7) is 2.11. The van der Waals surface area contributed by atoms with E-state index in [0.29, 0.717) is 28.3 Å². The highest BCUT2D eigenvalue weighted by molar-refractivity contribution is 6.30. The van der Waals surface area contributed by atoms with Gasteiger partial charge >= 0.3 is 0 Å². The first kappa shape index (κ1) is 13.9. The fourth-order valence-corrected chi connectivity index (χ4v) is 3.91. The Labute approximate surface area is 124 Å². The average molecular weight is 294 g/mol. The first-order chi connectivity index (χ1) is 9.60. The van der Waals surface area contributed by atoms with Crippen molar-refractivity contribution < 1.29 is 9.90 Å². The lowest BCUT2D eigenvalue weighted by Crippen LogP contribution is -2.37. The Morgan fingerprint density at radius 1 is 1.35 bits per heavy atom. The summed E-state index contributed by atoms with van der Waals surface area (Å²) < 4.78 is 0. The highest BCUT2D eigenvalue weighted by Gasteiger charge is 2.58. The topological polar surface area (TPSA) is 49.3 Å². The van der Waals surface area contributed by atoms with E-state index >= 15 is 0 Å². The van der Waals surface area contributed by atoms with Gasteiger partial charge in [-0.15, -0.1) is 0 Å². The summed E-state index contributed by atoms with van der Waals surface area (Å²) in [5.74, 6) is 1.75. The van der Waals surface area contributed by atoms with Gasteiger partial charge in [-0.2, -0.15) is 0 Å². The molecule has 108 valence electrons. The average Bonchev–Trinajstić information content (AvgIpc) is 2.92. The van der Waals surface area contributed by atoms with Gasteiger partial charge in [-0.25, -0.2) is 0 Å². The Balaban J connectivity index is 1.61. The second-order valence-corrected chi connectivity index (χ2v) is 6.46. The van der Waals surface area contributed by atoms with Crippen LogP contribution in [0.4, 0.5) is 0 Å². The molecule has 2 aliphatic carbocycles. The van der Waals surface area contributed by atoms with Crippen LogP contribution in [0.3, 0.4) is 0 Å². The molecule has 0 bridgehead atoms. The number of rotatable bonds is 4. The lowest BCUT2D eigenvalue weighted by molar-refractivity contribution is 0.0922. The molecule has 5 atom stereocenters. The van der Waals surface area contributed by atoms with Crippen molar-refractivity contribution in [2.24, 2.45) is 17.8 Å². The van der Waals surface area contributed by atoms with Crippen LogP contribution < -0.4 is 5.32 Å². The number of halogens is 1. The third-order valence-corrected chi connectivity index (χ3v) is 5.07. The molecule has 2 saturated carbocycles. The van der Waals surface area contributed by atoms with Crippen molar-refractivity contribution in [3.8, 4) is 0 Å². The van der Waals surface area contributed by atoms with E-state index in [1.165, 1.54) is 0 Å². The van der Waals surface area contributed by atoms with E-state index < -0.39 is 0 Å². The summed E-state index contributed by atoms with van der Waals surface area (Å²) in [4.78, 5) is 12.2. The third kappa shape index (κ3) is 2.57. The molecule has 3 rings (SSSR count). The van der Waals surface area contributed by atoms with Crippen LogP contribution in [0.5, 0.6) is 0 Å². The minimum absolute atomic E-state index is 0.0287. The lowest BCUT2D eigenvalue weighted by atomic mass is 10.0. The summed E-state index contributed by atoms with van der Waals surface area (Å²) in [6.07, 6.45) is 2.63. The highest BCUT2D eigenvalue weighted by Crippen LogP contribution is 2.59. The van der Waals surface area contributed by atoms with E-state index in [1.807, 2.05) is 0 Å². The van der Waals surface area contributed by atoms with Crippen LogP contribution in [-0.4, -0.2) is 23.2 Å². The van der Waals surface area contributed by atoms with Gasteiger partial charge in [0.25, 0.3) is 5.91 Å². The van der Waals surface area contributed by atoms with E-state index in [0.717, 1.165) is 19.3 Å². The number of hydrogen-bond donors (Lipinski definition) is 2. The van der Waals surface area contributed by atoms with Gasteiger partial charge in [-0.1, -0.05) is 18.5 Å². The van der Waals surface area contributed by atoms with Crippen LogP contribution in [0.1, 0.15) is 36.5 Å². The van der Waals surface area contributed by atoms with Crippen LogP contribution in [0.2, 0.25) is 5.02 Å². The normalized spacial score (nSPS) is 32.5. The van der Waals surface area contributed by atoms with Crippen molar-refractivity contribution >= 4 is 17.5 Å². The number of carbonyl (C=O) groups excluding carboxylic acids is 1. The molecule has 4 heteroatoms. The Morgan fingerprint density at radius 2 is 1.95 bits per heavy atom. The molecular formula is C16H20ClNO2.